The molecular weight excluding hydrogens is 291 g/mol. The van der Waals surface area contributed by atoms with Crippen molar-refractivity contribution in [3.05, 3.63) is 0 Å². The molecule has 5 aliphatic rings. The predicted octanol–water partition coefficient (Wildman–Crippen LogP) is 0.562. The van der Waals surface area contributed by atoms with Crippen molar-refractivity contribution in [2.24, 2.45) is 29.6 Å². The molecule has 19 heavy (non-hydrogen) atoms. The number of halogens is 2. The van der Waals surface area contributed by atoms with E-state index in [1.807, 2.05) is 0 Å². The predicted molar refractivity (Wildman–Crippen MR) is 66.9 cm³/mol. The Kier molecular flexibility index (Phi) is 1.71. The van der Waals surface area contributed by atoms with Crippen LogP contribution < -0.4 is 0 Å². The highest BCUT2D eigenvalue weighted by molar-refractivity contribution is 6.33. The average molecular weight is 307 g/mol. The minimum Gasteiger partial charge on any atom is -0.392 e. The first-order valence-electron chi connectivity index (χ1n) is 6.76. The number of hydrogen-bond donors (Lipinski definition) is 2. The van der Waals surface area contributed by atoms with Crippen molar-refractivity contribution < 1.29 is 19.7 Å². The molecule has 2 bridgehead atoms. The fourth-order valence-corrected chi connectivity index (χ4v) is 8.79. The number of hydrogen-bond acceptors (Lipinski definition) is 4. The van der Waals surface area contributed by atoms with Gasteiger partial charge in [-0.2, -0.15) is 0 Å². The van der Waals surface area contributed by atoms with Crippen LogP contribution in [0.4, 0.5) is 0 Å². The highest BCUT2D eigenvalue weighted by atomic mass is 35.5. The van der Waals surface area contributed by atoms with E-state index in [9.17, 15) is 10.2 Å². The van der Waals surface area contributed by atoms with Crippen LogP contribution in [0.3, 0.4) is 0 Å². The number of alkyl halides is 2. The van der Waals surface area contributed by atoms with Crippen LogP contribution in [0.5, 0.6) is 0 Å². The van der Waals surface area contributed by atoms with Crippen molar-refractivity contribution in [1.29, 1.82) is 0 Å². The van der Waals surface area contributed by atoms with E-state index in [2.05, 4.69) is 0 Å². The zero-order chi connectivity index (χ0) is 13.6. The molecule has 106 valence electrons. The summed E-state index contributed by atoms with van der Waals surface area (Å²) < 4.78 is 11.3. The van der Waals surface area contributed by atoms with Gasteiger partial charge in [0.25, 0.3) is 0 Å². The van der Waals surface area contributed by atoms with Crippen molar-refractivity contribution in [3.8, 4) is 0 Å². The minimum absolute atomic E-state index is 0.0269. The first kappa shape index (κ1) is 12.0. The van der Waals surface area contributed by atoms with Crippen LogP contribution in [0.25, 0.3) is 0 Å². The summed E-state index contributed by atoms with van der Waals surface area (Å²) >= 11 is 13.9. The zero-order valence-corrected chi connectivity index (χ0v) is 12.1. The van der Waals surface area contributed by atoms with Gasteiger partial charge in [0, 0.05) is 26.1 Å². The summed E-state index contributed by atoms with van der Waals surface area (Å²) in [5.41, 5.74) is -1.06. The second-order valence-corrected chi connectivity index (χ2v) is 8.07. The number of aliphatic hydroxyl groups is 2. The lowest BCUT2D eigenvalue weighted by Crippen LogP contribution is -2.67. The van der Waals surface area contributed by atoms with Crippen molar-refractivity contribution >= 4 is 23.2 Å². The molecular formula is C13H16Cl2O4. The highest BCUT2D eigenvalue weighted by Crippen LogP contribution is 2.92. The van der Waals surface area contributed by atoms with Crippen LogP contribution in [0.2, 0.25) is 0 Å². The topological polar surface area (TPSA) is 58.9 Å². The molecule has 9 atom stereocenters. The van der Waals surface area contributed by atoms with E-state index in [1.165, 1.54) is 14.2 Å². The second kappa shape index (κ2) is 2.71. The smallest absolute Gasteiger partial charge is 0.210 e. The SMILES string of the molecule is COC1(OC)[C@@]2(Cl)[C@@H]3[C@H](O)[C@H]4[C@H]5C[C@@H]3[C@@]1(Cl)[C@@]5(O)[C@H]42. The molecule has 6 heteroatoms. The van der Waals surface area contributed by atoms with Gasteiger partial charge in [0.05, 0.1) is 11.7 Å². The van der Waals surface area contributed by atoms with Crippen LogP contribution in [0.1, 0.15) is 6.42 Å². The molecule has 0 unspecified atom stereocenters. The first-order valence-corrected chi connectivity index (χ1v) is 7.52. The first-order chi connectivity index (χ1) is 8.88. The van der Waals surface area contributed by atoms with Crippen molar-refractivity contribution in [3.63, 3.8) is 0 Å². The van der Waals surface area contributed by atoms with Crippen LogP contribution in [-0.2, 0) is 9.47 Å². The molecule has 2 N–H and O–H groups in total. The number of fused-ring (bicyclic) bond motifs is 2. The van der Waals surface area contributed by atoms with Crippen LogP contribution >= 0.6 is 23.2 Å². The standard InChI is InChI=1S/C13H16Cl2O4/c1-18-13(19-2)10(14)7-5-3-4-6(8(7)16)9(10)11(4,17)12(5,13)15/h4-9,16-17H,3H2,1-2H3/t4-,5+,6-,7+,8-,9-,10-,11+,12-/m1/s1. The van der Waals surface area contributed by atoms with E-state index in [1.54, 1.807) is 0 Å². The summed E-state index contributed by atoms with van der Waals surface area (Å²) in [6, 6.07) is 0. The minimum atomic E-state index is -1.22. The maximum Gasteiger partial charge on any atom is 0.210 e. The summed E-state index contributed by atoms with van der Waals surface area (Å²) in [6.07, 6.45) is 0.311. The van der Waals surface area contributed by atoms with Gasteiger partial charge < -0.3 is 19.7 Å². The summed E-state index contributed by atoms with van der Waals surface area (Å²) in [4.78, 5) is -1.96. The molecule has 0 aromatic heterocycles. The number of aliphatic hydroxyl groups excluding tert-OH is 1. The maximum absolute atomic E-state index is 11.2. The lowest BCUT2D eigenvalue weighted by molar-refractivity contribution is -0.238. The largest absolute Gasteiger partial charge is 0.392 e. The van der Waals surface area contributed by atoms with E-state index in [-0.39, 0.29) is 29.6 Å². The van der Waals surface area contributed by atoms with Gasteiger partial charge in [0.1, 0.15) is 9.75 Å². The lowest BCUT2D eigenvalue weighted by atomic mass is 9.55. The Morgan fingerprint density at radius 3 is 2.37 bits per heavy atom. The zero-order valence-electron chi connectivity index (χ0n) is 10.6. The Bertz CT molecular complexity index is 511. The highest BCUT2D eigenvalue weighted by Gasteiger charge is 3.05. The van der Waals surface area contributed by atoms with Crippen LogP contribution in [0.15, 0.2) is 0 Å². The average Bonchev–Trinajstić information content (AvgIpc) is 2.67. The summed E-state index contributed by atoms with van der Waals surface area (Å²) in [7, 11) is 3.05. The Labute approximate surface area is 121 Å². The Hall–Kier alpha value is 0.420. The van der Waals surface area contributed by atoms with Gasteiger partial charge in [0.15, 0.2) is 0 Å². The molecule has 0 spiro atoms. The molecule has 0 aromatic carbocycles. The van der Waals surface area contributed by atoms with Crippen molar-refractivity contribution in [1.82, 2.24) is 0 Å². The number of rotatable bonds is 2. The van der Waals surface area contributed by atoms with E-state index >= 15 is 0 Å². The van der Waals surface area contributed by atoms with Crippen molar-refractivity contribution in [2.45, 2.75) is 33.7 Å². The molecule has 0 heterocycles. The third-order valence-electron chi connectivity index (χ3n) is 7.18. The quantitative estimate of drug-likeness (QED) is 0.578. The maximum atomic E-state index is 11.2. The third kappa shape index (κ3) is 0.650. The van der Waals surface area contributed by atoms with Gasteiger partial charge in [-0.3, -0.25) is 0 Å². The summed E-state index contributed by atoms with van der Waals surface area (Å²) in [5, 5.41) is 21.8. The molecule has 5 aliphatic carbocycles. The molecule has 0 aliphatic heterocycles. The van der Waals surface area contributed by atoms with Gasteiger partial charge in [-0.25, -0.2) is 0 Å². The van der Waals surface area contributed by atoms with E-state index in [0.29, 0.717) is 0 Å². The summed E-state index contributed by atoms with van der Waals surface area (Å²) in [6.45, 7) is 0. The van der Waals surface area contributed by atoms with Gasteiger partial charge >= 0.3 is 0 Å². The van der Waals surface area contributed by atoms with E-state index < -0.39 is 27.2 Å². The Balaban J connectivity index is 1.89. The molecule has 0 saturated heterocycles. The third-order valence-corrected chi connectivity index (χ3v) is 8.75. The monoisotopic (exact) mass is 306 g/mol. The molecule has 5 rings (SSSR count). The fourth-order valence-electron chi connectivity index (χ4n) is 7.06. The van der Waals surface area contributed by atoms with E-state index in [0.717, 1.165) is 6.42 Å². The Morgan fingerprint density at radius 1 is 1.16 bits per heavy atom. The number of methoxy groups -OCH3 is 2. The fraction of sp³-hybridized carbons (Fsp3) is 1.00. The molecule has 0 aromatic rings. The van der Waals surface area contributed by atoms with Gasteiger partial charge in [-0.15, -0.1) is 23.2 Å². The molecule has 5 saturated carbocycles. The molecule has 5 fully saturated rings. The molecule has 0 amide bonds. The molecule has 0 radical (unpaired) electrons. The lowest BCUT2D eigenvalue weighted by Gasteiger charge is -2.54. The second-order valence-electron chi connectivity index (χ2n) is 6.85. The Morgan fingerprint density at radius 2 is 1.79 bits per heavy atom. The van der Waals surface area contributed by atoms with Gasteiger partial charge in [-0.1, -0.05) is 0 Å². The van der Waals surface area contributed by atoms with Crippen LogP contribution in [-0.4, -0.2) is 51.7 Å². The van der Waals surface area contributed by atoms with Crippen molar-refractivity contribution in [2.75, 3.05) is 14.2 Å². The molecule has 4 nitrogen and oxygen atoms in total. The van der Waals surface area contributed by atoms with Gasteiger partial charge in [0.2, 0.25) is 5.79 Å². The van der Waals surface area contributed by atoms with E-state index in [4.69, 9.17) is 32.7 Å². The number of ether oxygens (including phenoxy) is 2. The van der Waals surface area contributed by atoms with Gasteiger partial charge in [-0.05, 0) is 24.2 Å². The summed E-state index contributed by atoms with van der Waals surface area (Å²) in [5.74, 6) is -1.59. The normalized spacial score (nSPS) is 72.9. The van der Waals surface area contributed by atoms with Crippen LogP contribution in [0, 0.1) is 29.6 Å².